The fourth-order valence-corrected chi connectivity index (χ4v) is 2.57. The van der Waals surface area contributed by atoms with E-state index >= 15 is 0 Å². The van der Waals surface area contributed by atoms with Gasteiger partial charge in [-0.2, -0.15) is 0 Å². The summed E-state index contributed by atoms with van der Waals surface area (Å²) >= 11 is 0. The first-order valence-electron chi connectivity index (χ1n) is 6.03. The minimum Gasteiger partial charge on any atom is -0.388 e. The maximum absolute atomic E-state index is 12.0. The summed E-state index contributed by atoms with van der Waals surface area (Å²) in [5.41, 5.74) is 1.21. The van der Waals surface area contributed by atoms with Crippen molar-refractivity contribution in [2.24, 2.45) is 5.41 Å². The van der Waals surface area contributed by atoms with Gasteiger partial charge in [0.05, 0.1) is 5.57 Å². The molecule has 2 fully saturated rings. The van der Waals surface area contributed by atoms with Crippen molar-refractivity contribution in [3.05, 3.63) is 11.3 Å². The van der Waals surface area contributed by atoms with Crippen LogP contribution in [-0.4, -0.2) is 18.1 Å². The number of nitrogens with one attached hydrogen (secondary N) is 1. The average Bonchev–Trinajstić information content (AvgIpc) is 2.16. The predicted octanol–water partition coefficient (Wildman–Crippen LogP) is 1.97. The number of hydrogen-bond acceptors (Lipinski definition) is 3. The van der Waals surface area contributed by atoms with Crippen molar-refractivity contribution in [3.63, 3.8) is 0 Å². The lowest BCUT2D eigenvalue weighted by Crippen LogP contribution is -2.35. The molecule has 0 amide bonds. The van der Waals surface area contributed by atoms with Gasteiger partial charge in [-0.25, -0.2) is 0 Å². The molecule has 1 aliphatic carbocycles. The van der Waals surface area contributed by atoms with Crippen molar-refractivity contribution in [2.45, 2.75) is 46.0 Å². The summed E-state index contributed by atoms with van der Waals surface area (Å²) in [6, 6.07) is 0. The lowest BCUT2D eigenvalue weighted by atomic mass is 9.73. The number of carbonyl (C=O) groups excluding carboxylic acids is 2. The minimum atomic E-state index is -0.160. The second kappa shape index (κ2) is 4.04. The highest BCUT2D eigenvalue weighted by Crippen LogP contribution is 2.35. The fraction of sp³-hybridized carbons (Fsp3) is 0.692. The molecule has 3 heteroatoms. The Bertz CT molecular complexity index is 336. The lowest BCUT2D eigenvalue weighted by Gasteiger charge is -2.30. The van der Waals surface area contributed by atoms with E-state index < -0.39 is 0 Å². The molecule has 3 nitrogen and oxygen atoms in total. The minimum absolute atomic E-state index is 0.0330. The zero-order valence-corrected chi connectivity index (χ0v) is 10.1. The van der Waals surface area contributed by atoms with E-state index in [9.17, 15) is 9.59 Å². The highest BCUT2D eigenvalue weighted by molar-refractivity contribution is 6.22. The second-order valence-corrected chi connectivity index (χ2v) is 5.60. The molecule has 2 aliphatic rings. The molecule has 0 aromatic carbocycles. The topological polar surface area (TPSA) is 46.2 Å². The van der Waals surface area contributed by atoms with Crippen LogP contribution in [0.15, 0.2) is 11.3 Å². The van der Waals surface area contributed by atoms with Crippen molar-refractivity contribution in [3.8, 4) is 0 Å². The predicted molar refractivity (Wildman–Crippen MR) is 61.9 cm³/mol. The molecule has 2 rings (SSSR count). The lowest BCUT2D eigenvalue weighted by molar-refractivity contribution is -0.127. The van der Waals surface area contributed by atoms with Crippen LogP contribution in [-0.2, 0) is 9.59 Å². The maximum atomic E-state index is 12.0. The third kappa shape index (κ3) is 2.18. The van der Waals surface area contributed by atoms with Crippen molar-refractivity contribution in [1.29, 1.82) is 0 Å². The van der Waals surface area contributed by atoms with Crippen LogP contribution >= 0.6 is 0 Å². The summed E-state index contributed by atoms with van der Waals surface area (Å²) in [5.74, 6) is 0.0660. The van der Waals surface area contributed by atoms with Gasteiger partial charge in [-0.1, -0.05) is 13.8 Å². The van der Waals surface area contributed by atoms with Gasteiger partial charge in [0, 0.05) is 25.1 Å². The zero-order chi connectivity index (χ0) is 11.8. The quantitative estimate of drug-likeness (QED) is 0.502. The van der Waals surface area contributed by atoms with Gasteiger partial charge in [-0.3, -0.25) is 9.59 Å². The molecule has 0 atom stereocenters. The number of hydrogen-bond donors (Lipinski definition) is 1. The van der Waals surface area contributed by atoms with Gasteiger partial charge < -0.3 is 5.32 Å². The van der Waals surface area contributed by atoms with E-state index in [1.165, 1.54) is 0 Å². The Morgan fingerprint density at radius 3 is 2.19 bits per heavy atom. The molecule has 1 saturated carbocycles. The van der Waals surface area contributed by atoms with Crippen LogP contribution in [0.2, 0.25) is 0 Å². The van der Waals surface area contributed by atoms with Gasteiger partial charge in [0.15, 0.2) is 11.6 Å². The maximum Gasteiger partial charge on any atom is 0.168 e. The third-order valence-corrected chi connectivity index (χ3v) is 3.33. The van der Waals surface area contributed by atoms with E-state index in [0.717, 1.165) is 31.5 Å². The first-order chi connectivity index (χ1) is 7.49. The van der Waals surface area contributed by atoms with E-state index in [-0.39, 0.29) is 17.0 Å². The summed E-state index contributed by atoms with van der Waals surface area (Å²) in [6.07, 6.45) is 4.06. The molecular weight excluding hydrogens is 202 g/mol. The molecule has 0 bridgehead atoms. The normalized spacial score (nSPS) is 25.6. The van der Waals surface area contributed by atoms with Crippen LogP contribution in [0.5, 0.6) is 0 Å². The molecule has 1 saturated heterocycles. The van der Waals surface area contributed by atoms with Crippen molar-refractivity contribution in [2.75, 3.05) is 6.54 Å². The first kappa shape index (κ1) is 11.4. The summed E-state index contributed by atoms with van der Waals surface area (Å²) < 4.78 is 0. The van der Waals surface area contributed by atoms with Crippen LogP contribution < -0.4 is 5.32 Å². The Morgan fingerprint density at radius 1 is 1.06 bits per heavy atom. The molecule has 88 valence electrons. The SMILES string of the molecule is CC1(C)CC(=O)C(=C2CCCCN2)C(=O)C1. The highest BCUT2D eigenvalue weighted by Gasteiger charge is 2.37. The number of rotatable bonds is 0. The zero-order valence-electron chi connectivity index (χ0n) is 10.1. The van der Waals surface area contributed by atoms with Gasteiger partial charge in [-0.05, 0) is 24.7 Å². The van der Waals surface area contributed by atoms with Gasteiger partial charge >= 0.3 is 0 Å². The van der Waals surface area contributed by atoms with Gasteiger partial charge in [0.1, 0.15) is 0 Å². The molecule has 1 heterocycles. The van der Waals surface area contributed by atoms with Gasteiger partial charge in [0.25, 0.3) is 0 Å². The molecular formula is C13H19NO2. The summed E-state index contributed by atoms with van der Waals surface area (Å²) in [5, 5.41) is 3.21. The Kier molecular flexibility index (Phi) is 2.87. The van der Waals surface area contributed by atoms with E-state index in [1.807, 2.05) is 13.8 Å². The van der Waals surface area contributed by atoms with E-state index in [1.54, 1.807) is 0 Å². The smallest absolute Gasteiger partial charge is 0.168 e. The summed E-state index contributed by atoms with van der Waals surface area (Å²) in [6.45, 7) is 4.86. The van der Waals surface area contributed by atoms with Crippen LogP contribution in [0.1, 0.15) is 46.0 Å². The average molecular weight is 221 g/mol. The Labute approximate surface area is 96.3 Å². The fourth-order valence-electron chi connectivity index (χ4n) is 2.57. The van der Waals surface area contributed by atoms with Crippen molar-refractivity contribution >= 4 is 11.6 Å². The Balaban J connectivity index is 2.28. The van der Waals surface area contributed by atoms with Gasteiger partial charge in [0.2, 0.25) is 0 Å². The summed E-state index contributed by atoms with van der Waals surface area (Å²) in [4.78, 5) is 24.0. The Hall–Kier alpha value is -1.12. The standard InChI is InChI=1S/C13H19NO2/c1-13(2)7-10(15)12(11(16)8-13)9-5-3-4-6-14-9/h14H,3-8H2,1-2H3. The van der Waals surface area contributed by atoms with Crippen LogP contribution in [0.25, 0.3) is 0 Å². The van der Waals surface area contributed by atoms with Crippen LogP contribution in [0.4, 0.5) is 0 Å². The molecule has 1 N–H and O–H groups in total. The van der Waals surface area contributed by atoms with E-state index in [4.69, 9.17) is 0 Å². The number of allylic oxidation sites excluding steroid dienone is 2. The molecule has 0 spiro atoms. The number of carbonyl (C=O) groups is 2. The van der Waals surface area contributed by atoms with Crippen molar-refractivity contribution < 1.29 is 9.59 Å². The van der Waals surface area contributed by atoms with Crippen molar-refractivity contribution in [1.82, 2.24) is 5.32 Å². The van der Waals surface area contributed by atoms with Crippen LogP contribution in [0, 0.1) is 5.41 Å². The second-order valence-electron chi connectivity index (χ2n) is 5.60. The monoisotopic (exact) mass is 221 g/mol. The number of Topliss-reactive ketones (excluding diaryl/α,β-unsaturated/α-hetero) is 2. The van der Waals surface area contributed by atoms with E-state index in [2.05, 4.69) is 5.32 Å². The highest BCUT2D eigenvalue weighted by atomic mass is 16.2. The number of ketones is 2. The molecule has 0 aromatic heterocycles. The van der Waals surface area contributed by atoms with Gasteiger partial charge in [-0.15, -0.1) is 0 Å². The molecule has 0 unspecified atom stereocenters. The van der Waals surface area contributed by atoms with Crippen LogP contribution in [0.3, 0.4) is 0 Å². The Morgan fingerprint density at radius 2 is 1.69 bits per heavy atom. The largest absolute Gasteiger partial charge is 0.388 e. The summed E-state index contributed by atoms with van der Waals surface area (Å²) in [7, 11) is 0. The molecule has 1 aliphatic heterocycles. The number of piperidine rings is 1. The molecule has 0 radical (unpaired) electrons. The molecule has 16 heavy (non-hydrogen) atoms. The molecule has 0 aromatic rings. The third-order valence-electron chi connectivity index (χ3n) is 3.33. The first-order valence-corrected chi connectivity index (χ1v) is 6.03. The van der Waals surface area contributed by atoms with E-state index in [0.29, 0.717) is 18.4 Å².